The maximum absolute atomic E-state index is 12.7. The van der Waals surface area contributed by atoms with Crippen LogP contribution in [-0.2, 0) is 4.74 Å². The average molecular weight is 330 g/mol. The Morgan fingerprint density at radius 1 is 1.38 bits per heavy atom. The van der Waals surface area contributed by atoms with Gasteiger partial charge in [-0.1, -0.05) is 11.3 Å². The Morgan fingerprint density at radius 3 is 3.04 bits per heavy atom. The molecule has 126 valence electrons. The van der Waals surface area contributed by atoms with E-state index in [0.717, 1.165) is 17.8 Å². The molecule has 2 aromatic rings. The zero-order valence-corrected chi connectivity index (χ0v) is 13.0. The monoisotopic (exact) mass is 330 g/mol. The first kappa shape index (κ1) is 15.1. The highest BCUT2D eigenvalue weighted by atomic mass is 16.5. The number of amides is 1. The summed E-state index contributed by atoms with van der Waals surface area (Å²) in [6.45, 7) is 1.75. The molecule has 0 bridgehead atoms. The maximum atomic E-state index is 12.7. The molecule has 24 heavy (non-hydrogen) atoms. The van der Waals surface area contributed by atoms with Crippen molar-refractivity contribution in [2.75, 3.05) is 26.3 Å². The summed E-state index contributed by atoms with van der Waals surface area (Å²) in [6.07, 6.45) is 5.43. The van der Waals surface area contributed by atoms with Gasteiger partial charge in [0, 0.05) is 18.7 Å². The van der Waals surface area contributed by atoms with Crippen LogP contribution in [0.5, 0.6) is 0 Å². The molecule has 0 unspecified atom stereocenters. The van der Waals surface area contributed by atoms with Gasteiger partial charge in [0.05, 0.1) is 25.7 Å². The van der Waals surface area contributed by atoms with Crippen LogP contribution in [0.3, 0.4) is 0 Å². The number of ether oxygens (including phenoxy) is 1. The second-order valence-corrected chi connectivity index (χ2v) is 5.98. The van der Waals surface area contributed by atoms with Gasteiger partial charge in [0.1, 0.15) is 17.9 Å². The minimum Gasteiger partial charge on any atom is -0.465 e. The Hall–Kier alpha value is -2.45. The number of aliphatic hydroxyl groups is 1. The van der Waals surface area contributed by atoms with Gasteiger partial charge in [-0.3, -0.25) is 4.79 Å². The lowest BCUT2D eigenvalue weighted by molar-refractivity contribution is 0.0768. The molecule has 4 heterocycles. The Morgan fingerprint density at radius 2 is 2.29 bits per heavy atom. The number of rotatable bonds is 3. The highest BCUT2D eigenvalue weighted by Gasteiger charge is 2.30. The van der Waals surface area contributed by atoms with E-state index in [1.165, 1.54) is 4.68 Å². The number of furan rings is 1. The first-order chi connectivity index (χ1) is 11.7. The van der Waals surface area contributed by atoms with E-state index in [1.54, 1.807) is 17.4 Å². The SMILES string of the molecule is O=C(c1cn([C@@H]2COC[C@H]2O)nn1)N1CCC=C(c2ccco2)C1. The zero-order valence-electron chi connectivity index (χ0n) is 13.0. The Bertz CT molecular complexity index is 752. The van der Waals surface area contributed by atoms with Crippen molar-refractivity contribution in [1.29, 1.82) is 0 Å². The van der Waals surface area contributed by atoms with Crippen LogP contribution in [-0.4, -0.2) is 63.3 Å². The standard InChI is InChI=1S/C16H18N4O4/c21-14-10-23-9-13(14)20-8-12(17-18-20)16(22)19-5-1-3-11(7-19)15-4-2-6-24-15/h2-4,6,8,13-14,21H,1,5,7,9-10H2/t13-,14-/m1/s1. The Balaban J connectivity index is 1.48. The fraction of sp³-hybridized carbons (Fsp3) is 0.438. The quantitative estimate of drug-likeness (QED) is 0.892. The molecular formula is C16H18N4O4. The fourth-order valence-corrected chi connectivity index (χ4v) is 3.04. The molecule has 8 nitrogen and oxygen atoms in total. The van der Waals surface area contributed by atoms with Gasteiger partial charge in [-0.15, -0.1) is 5.10 Å². The lowest BCUT2D eigenvalue weighted by Crippen LogP contribution is -2.35. The first-order valence-electron chi connectivity index (χ1n) is 7.92. The normalized spacial score (nSPS) is 24.2. The molecule has 1 amide bonds. The van der Waals surface area contributed by atoms with Gasteiger partial charge in [0.25, 0.3) is 5.91 Å². The van der Waals surface area contributed by atoms with Crippen molar-refractivity contribution in [3.05, 3.63) is 42.1 Å². The summed E-state index contributed by atoms with van der Waals surface area (Å²) < 4.78 is 12.1. The molecule has 8 heteroatoms. The van der Waals surface area contributed by atoms with E-state index in [2.05, 4.69) is 16.4 Å². The Labute approximate surface area is 138 Å². The summed E-state index contributed by atoms with van der Waals surface area (Å²) in [5.41, 5.74) is 1.27. The highest BCUT2D eigenvalue weighted by molar-refractivity contribution is 5.93. The number of hydrogen-bond donors (Lipinski definition) is 1. The van der Waals surface area contributed by atoms with Crippen molar-refractivity contribution in [3.63, 3.8) is 0 Å². The van der Waals surface area contributed by atoms with Crippen molar-refractivity contribution in [1.82, 2.24) is 19.9 Å². The molecule has 1 N–H and O–H groups in total. The van der Waals surface area contributed by atoms with Crippen LogP contribution < -0.4 is 0 Å². The molecule has 0 saturated carbocycles. The third-order valence-corrected chi connectivity index (χ3v) is 4.37. The predicted molar refractivity (Wildman–Crippen MR) is 83.1 cm³/mol. The second-order valence-electron chi connectivity index (χ2n) is 5.98. The van der Waals surface area contributed by atoms with Crippen LogP contribution in [0.25, 0.3) is 5.57 Å². The largest absolute Gasteiger partial charge is 0.465 e. The minimum atomic E-state index is -0.627. The van der Waals surface area contributed by atoms with E-state index in [-0.39, 0.29) is 24.2 Å². The third kappa shape index (κ3) is 2.74. The second kappa shape index (κ2) is 6.21. The van der Waals surface area contributed by atoms with Gasteiger partial charge in [-0.2, -0.15) is 0 Å². The molecule has 2 atom stereocenters. The zero-order chi connectivity index (χ0) is 16.5. The third-order valence-electron chi connectivity index (χ3n) is 4.37. The molecule has 0 aromatic carbocycles. The van der Waals surface area contributed by atoms with Crippen molar-refractivity contribution in [2.24, 2.45) is 0 Å². The van der Waals surface area contributed by atoms with E-state index in [4.69, 9.17) is 9.15 Å². The average Bonchev–Trinajstić information content (AvgIpc) is 3.35. The Kier molecular flexibility index (Phi) is 3.91. The van der Waals surface area contributed by atoms with Gasteiger partial charge in [-0.05, 0) is 18.6 Å². The topological polar surface area (TPSA) is 93.6 Å². The van der Waals surface area contributed by atoms with Crippen LogP contribution in [0.2, 0.25) is 0 Å². The van der Waals surface area contributed by atoms with E-state index in [1.807, 2.05) is 12.1 Å². The minimum absolute atomic E-state index is 0.174. The summed E-state index contributed by atoms with van der Waals surface area (Å²) in [4.78, 5) is 14.4. The van der Waals surface area contributed by atoms with Gasteiger partial charge < -0.3 is 19.2 Å². The van der Waals surface area contributed by atoms with Crippen LogP contribution in [0, 0.1) is 0 Å². The number of carbonyl (C=O) groups excluding carboxylic acids is 1. The maximum Gasteiger partial charge on any atom is 0.276 e. The van der Waals surface area contributed by atoms with E-state index in [0.29, 0.717) is 19.7 Å². The predicted octanol–water partition coefficient (Wildman–Crippen LogP) is 0.733. The number of hydrogen-bond acceptors (Lipinski definition) is 6. The van der Waals surface area contributed by atoms with Crippen molar-refractivity contribution in [3.8, 4) is 0 Å². The van der Waals surface area contributed by atoms with Crippen LogP contribution >= 0.6 is 0 Å². The van der Waals surface area contributed by atoms with Crippen LogP contribution in [0.4, 0.5) is 0 Å². The summed E-state index contributed by atoms with van der Waals surface area (Å²) in [7, 11) is 0. The van der Waals surface area contributed by atoms with Gasteiger partial charge in [-0.25, -0.2) is 4.68 Å². The molecule has 1 fully saturated rings. The highest BCUT2D eigenvalue weighted by Crippen LogP contribution is 2.23. The van der Waals surface area contributed by atoms with E-state index >= 15 is 0 Å². The molecule has 0 radical (unpaired) electrons. The lowest BCUT2D eigenvalue weighted by Gasteiger charge is -2.25. The first-order valence-corrected chi connectivity index (χ1v) is 7.92. The molecular weight excluding hydrogens is 312 g/mol. The van der Waals surface area contributed by atoms with Crippen molar-refractivity contribution >= 4 is 11.5 Å². The summed E-state index contributed by atoms with van der Waals surface area (Å²) >= 11 is 0. The molecule has 2 aliphatic heterocycles. The van der Waals surface area contributed by atoms with Crippen LogP contribution in [0.1, 0.15) is 28.7 Å². The molecule has 1 saturated heterocycles. The number of carbonyl (C=O) groups is 1. The van der Waals surface area contributed by atoms with E-state index < -0.39 is 6.10 Å². The number of aromatic nitrogens is 3. The fourth-order valence-electron chi connectivity index (χ4n) is 3.04. The number of nitrogens with zero attached hydrogens (tertiary/aromatic N) is 4. The van der Waals surface area contributed by atoms with Gasteiger partial charge in [0.2, 0.25) is 0 Å². The van der Waals surface area contributed by atoms with Crippen molar-refractivity contribution in [2.45, 2.75) is 18.6 Å². The van der Waals surface area contributed by atoms with Crippen molar-refractivity contribution < 1.29 is 19.1 Å². The molecule has 2 aliphatic rings. The van der Waals surface area contributed by atoms with Gasteiger partial charge in [0.15, 0.2) is 5.69 Å². The molecule has 0 spiro atoms. The van der Waals surface area contributed by atoms with Crippen LogP contribution in [0.15, 0.2) is 35.1 Å². The van der Waals surface area contributed by atoms with Gasteiger partial charge >= 0.3 is 0 Å². The molecule has 0 aliphatic carbocycles. The van der Waals surface area contributed by atoms with E-state index in [9.17, 15) is 9.90 Å². The summed E-state index contributed by atoms with van der Waals surface area (Å²) in [5, 5.41) is 17.8. The molecule has 4 rings (SSSR count). The smallest absolute Gasteiger partial charge is 0.276 e. The lowest BCUT2D eigenvalue weighted by atomic mass is 10.1. The summed E-state index contributed by atoms with van der Waals surface area (Å²) in [6, 6.07) is 3.42. The summed E-state index contributed by atoms with van der Waals surface area (Å²) in [5.74, 6) is 0.606. The molecule has 2 aromatic heterocycles. The number of aliphatic hydroxyl groups excluding tert-OH is 1.